The Morgan fingerprint density at radius 2 is 1.49 bits per heavy atom. The number of amides is 1. The number of carbonyl (C=O) groups is 3. The third-order valence-corrected chi connectivity index (χ3v) is 6.79. The topological polar surface area (TPSA) is 109 Å². The fourth-order valence-electron chi connectivity index (χ4n) is 5.09. The van der Waals surface area contributed by atoms with Crippen LogP contribution in [0.2, 0.25) is 0 Å². The summed E-state index contributed by atoms with van der Waals surface area (Å²) >= 11 is 0. The van der Waals surface area contributed by atoms with Crippen molar-refractivity contribution in [2.75, 3.05) is 5.32 Å². The van der Waals surface area contributed by atoms with Gasteiger partial charge in [0.2, 0.25) is 0 Å². The maximum atomic E-state index is 14.0. The van der Waals surface area contributed by atoms with Gasteiger partial charge in [-0.2, -0.15) is 0 Å². The second-order valence-electron chi connectivity index (χ2n) is 10.2. The van der Waals surface area contributed by atoms with Crippen LogP contribution in [0.15, 0.2) is 84.9 Å². The lowest BCUT2D eigenvalue weighted by Crippen LogP contribution is -2.20. The average Bonchev–Trinajstić information content (AvgIpc) is 3.28. The summed E-state index contributed by atoms with van der Waals surface area (Å²) in [6.07, 6.45) is -1.88. The first-order valence-corrected chi connectivity index (χ1v) is 13.5. The molecular weight excluding hydrogens is 523 g/mol. The number of ketones is 1. The molecule has 7 nitrogen and oxygen atoms in total. The molecule has 41 heavy (non-hydrogen) atoms. The van der Waals surface area contributed by atoms with E-state index >= 15 is 0 Å². The van der Waals surface area contributed by atoms with Gasteiger partial charge >= 0.3 is 5.97 Å². The Morgan fingerprint density at radius 3 is 2.07 bits per heavy atom. The predicted octanol–water partition coefficient (Wildman–Crippen LogP) is 6.52. The van der Waals surface area contributed by atoms with Gasteiger partial charge in [0, 0.05) is 29.9 Å². The van der Waals surface area contributed by atoms with Crippen molar-refractivity contribution in [2.45, 2.75) is 51.7 Å². The summed E-state index contributed by atoms with van der Waals surface area (Å²) in [4.78, 5) is 37.0. The minimum absolute atomic E-state index is 0.131. The highest BCUT2D eigenvalue weighted by atomic mass is 19.1. The molecule has 4 aromatic rings. The zero-order chi connectivity index (χ0) is 29.5. The first-order chi connectivity index (χ1) is 19.7. The Bertz CT molecular complexity index is 1510. The molecule has 212 valence electrons. The number of nitrogens with zero attached hydrogens (tertiary/aromatic N) is 1. The standard InChI is InChI=1S/C33H33FN2O5/c1-21(2)31-30(33(41)35-25-11-7-4-8-12-25)29(22-9-5-3-6-10-22)32(23-13-15-24(34)16-14-23)36(31)18-17-26(37)19-27(38)20-28(39)40/h3-16,21,26,37H,17-20H2,1-2H3,(H,35,41)(H,39,40). The van der Waals surface area contributed by atoms with E-state index in [4.69, 9.17) is 5.11 Å². The molecule has 1 heterocycles. The molecule has 3 aromatic carbocycles. The van der Waals surface area contributed by atoms with Crippen molar-refractivity contribution >= 4 is 23.3 Å². The smallest absolute Gasteiger partial charge is 0.310 e. The van der Waals surface area contributed by atoms with E-state index in [2.05, 4.69) is 5.32 Å². The lowest BCUT2D eigenvalue weighted by molar-refractivity contribution is -0.140. The molecule has 0 aliphatic carbocycles. The molecule has 0 aliphatic rings. The maximum Gasteiger partial charge on any atom is 0.310 e. The lowest BCUT2D eigenvalue weighted by Gasteiger charge is -2.19. The van der Waals surface area contributed by atoms with Crippen LogP contribution < -0.4 is 5.32 Å². The molecule has 1 aromatic heterocycles. The van der Waals surface area contributed by atoms with E-state index in [1.165, 1.54) is 12.1 Å². The third-order valence-electron chi connectivity index (χ3n) is 6.79. The average molecular weight is 557 g/mol. The quantitative estimate of drug-likeness (QED) is 0.172. The summed E-state index contributed by atoms with van der Waals surface area (Å²) in [6.45, 7) is 4.18. The number of rotatable bonds is 12. The lowest BCUT2D eigenvalue weighted by atomic mass is 9.94. The van der Waals surface area contributed by atoms with Gasteiger partial charge in [-0.15, -0.1) is 0 Å². The number of benzene rings is 3. The minimum atomic E-state index is -1.24. The molecular formula is C33H33FN2O5. The number of aliphatic hydroxyl groups excluding tert-OH is 1. The SMILES string of the molecule is CC(C)c1c(C(=O)Nc2ccccc2)c(-c2ccccc2)c(-c2ccc(F)cc2)n1CCC(O)CC(=O)CC(=O)O. The molecule has 8 heteroatoms. The first-order valence-electron chi connectivity index (χ1n) is 13.5. The summed E-state index contributed by atoms with van der Waals surface area (Å²) in [6, 6.07) is 24.6. The number of hydrogen-bond donors (Lipinski definition) is 3. The fourth-order valence-corrected chi connectivity index (χ4v) is 5.09. The van der Waals surface area contributed by atoms with Crippen molar-refractivity contribution in [1.82, 2.24) is 4.57 Å². The highest BCUT2D eigenvalue weighted by molar-refractivity contribution is 6.12. The van der Waals surface area contributed by atoms with E-state index in [1.54, 1.807) is 24.3 Å². The molecule has 0 saturated carbocycles. The molecule has 0 radical (unpaired) electrons. The number of aromatic nitrogens is 1. The zero-order valence-corrected chi connectivity index (χ0v) is 23.0. The van der Waals surface area contributed by atoms with Gasteiger partial charge in [0.15, 0.2) is 0 Å². The molecule has 0 saturated heterocycles. The Morgan fingerprint density at radius 1 is 0.878 bits per heavy atom. The van der Waals surface area contributed by atoms with Gasteiger partial charge in [0.05, 0.1) is 17.4 Å². The van der Waals surface area contributed by atoms with Crippen LogP contribution in [0, 0.1) is 5.82 Å². The van der Waals surface area contributed by atoms with Crippen LogP contribution in [0.5, 0.6) is 0 Å². The molecule has 3 N–H and O–H groups in total. The van der Waals surface area contributed by atoms with Gasteiger partial charge < -0.3 is 20.1 Å². The van der Waals surface area contributed by atoms with Crippen LogP contribution in [0.4, 0.5) is 10.1 Å². The molecule has 0 fully saturated rings. The minimum Gasteiger partial charge on any atom is -0.481 e. The number of hydrogen-bond acceptors (Lipinski definition) is 4. The highest BCUT2D eigenvalue weighted by Gasteiger charge is 2.31. The first kappa shape index (κ1) is 29.4. The van der Waals surface area contributed by atoms with Gasteiger partial charge in [-0.25, -0.2) is 4.39 Å². The van der Waals surface area contributed by atoms with E-state index in [0.717, 1.165) is 11.3 Å². The monoisotopic (exact) mass is 556 g/mol. The second-order valence-corrected chi connectivity index (χ2v) is 10.2. The van der Waals surface area contributed by atoms with E-state index in [0.29, 0.717) is 28.1 Å². The van der Waals surface area contributed by atoms with Crippen molar-refractivity contribution in [3.8, 4) is 22.4 Å². The van der Waals surface area contributed by atoms with Crippen LogP contribution in [-0.2, 0) is 16.1 Å². The third kappa shape index (κ3) is 7.15. The number of halogens is 1. The number of anilines is 1. The number of carbonyl (C=O) groups excluding carboxylic acids is 2. The van der Waals surface area contributed by atoms with Crippen LogP contribution in [0.3, 0.4) is 0 Å². The number of carboxylic acids is 1. The summed E-state index contributed by atoms with van der Waals surface area (Å²) < 4.78 is 16.0. The van der Waals surface area contributed by atoms with Crippen molar-refractivity contribution in [2.24, 2.45) is 0 Å². The van der Waals surface area contributed by atoms with Crippen LogP contribution in [0.1, 0.15) is 55.1 Å². The number of nitrogens with one attached hydrogen (secondary N) is 1. The van der Waals surface area contributed by atoms with Crippen molar-refractivity contribution in [1.29, 1.82) is 0 Å². The van der Waals surface area contributed by atoms with Gasteiger partial charge in [-0.1, -0.05) is 62.4 Å². The Balaban J connectivity index is 1.90. The number of aliphatic carboxylic acids is 1. The molecule has 0 spiro atoms. The van der Waals surface area contributed by atoms with Gasteiger partial charge in [-0.3, -0.25) is 14.4 Å². The summed E-state index contributed by atoms with van der Waals surface area (Å²) in [5, 5.41) is 22.6. The van der Waals surface area contributed by atoms with E-state index < -0.39 is 30.1 Å². The molecule has 1 amide bonds. The van der Waals surface area contributed by atoms with E-state index in [9.17, 15) is 23.9 Å². The summed E-state index contributed by atoms with van der Waals surface area (Å²) in [5.41, 5.74) is 4.65. The van der Waals surface area contributed by atoms with Gasteiger partial charge in [-0.05, 0) is 59.9 Å². The van der Waals surface area contributed by atoms with Crippen LogP contribution >= 0.6 is 0 Å². The Hall–Kier alpha value is -4.56. The zero-order valence-electron chi connectivity index (χ0n) is 23.0. The molecule has 1 unspecified atom stereocenters. The Kier molecular flexibility index (Phi) is 9.47. The summed E-state index contributed by atoms with van der Waals surface area (Å²) in [7, 11) is 0. The number of para-hydroxylation sites is 1. The highest BCUT2D eigenvalue weighted by Crippen LogP contribution is 2.42. The maximum absolute atomic E-state index is 14.0. The largest absolute Gasteiger partial charge is 0.481 e. The van der Waals surface area contributed by atoms with Crippen molar-refractivity contribution in [3.63, 3.8) is 0 Å². The molecule has 1 atom stereocenters. The van der Waals surface area contributed by atoms with E-state index in [-0.39, 0.29) is 31.2 Å². The molecule has 0 aliphatic heterocycles. The van der Waals surface area contributed by atoms with E-state index in [1.807, 2.05) is 66.9 Å². The molecule has 0 bridgehead atoms. The number of aliphatic hydroxyl groups is 1. The van der Waals surface area contributed by atoms with Crippen molar-refractivity contribution < 1.29 is 29.0 Å². The fraction of sp³-hybridized carbons (Fsp3) is 0.242. The van der Waals surface area contributed by atoms with Gasteiger partial charge in [0.25, 0.3) is 5.91 Å². The van der Waals surface area contributed by atoms with Gasteiger partial charge in [0.1, 0.15) is 18.0 Å². The molecule has 4 rings (SSSR count). The van der Waals surface area contributed by atoms with Crippen molar-refractivity contribution in [3.05, 3.63) is 102 Å². The summed E-state index contributed by atoms with van der Waals surface area (Å²) in [5.74, 6) is -2.64. The number of Topliss-reactive ketones (excluding diaryl/α,β-unsaturated/α-hetero) is 1. The Labute approximate surface area is 238 Å². The van der Waals surface area contributed by atoms with Crippen LogP contribution in [0.25, 0.3) is 22.4 Å². The number of carboxylic acid groups (broad SMARTS) is 1. The second kappa shape index (κ2) is 13.2. The predicted molar refractivity (Wildman–Crippen MR) is 156 cm³/mol. The normalized spacial score (nSPS) is 11.8. The van der Waals surface area contributed by atoms with Crippen LogP contribution in [-0.4, -0.2) is 38.5 Å².